The third-order valence-corrected chi connectivity index (χ3v) is 2.29. The third-order valence-electron chi connectivity index (χ3n) is 2.29. The lowest BCUT2D eigenvalue weighted by Crippen LogP contribution is -2.45. The number of oxime groups is 1. The fraction of sp³-hybridized carbons (Fsp3) is 0.444. The van der Waals surface area contributed by atoms with Gasteiger partial charge in [-0.2, -0.15) is 5.26 Å². The van der Waals surface area contributed by atoms with Gasteiger partial charge in [0.15, 0.2) is 5.71 Å². The van der Waals surface area contributed by atoms with Gasteiger partial charge in [-0.3, -0.25) is 4.79 Å². The number of carbonyl (C=O) groups excluding carboxylic acids is 1. The number of amides is 1. The Balaban J connectivity index is 3.18. The summed E-state index contributed by atoms with van der Waals surface area (Å²) in [5.41, 5.74) is -1.15. The highest BCUT2D eigenvalue weighted by Crippen LogP contribution is 2.16. The van der Waals surface area contributed by atoms with Gasteiger partial charge in [-0.1, -0.05) is 5.16 Å². The minimum absolute atomic E-state index is 0.0210. The van der Waals surface area contributed by atoms with Gasteiger partial charge in [0.2, 0.25) is 0 Å². The summed E-state index contributed by atoms with van der Waals surface area (Å²) in [6.07, 6.45) is 1.30. The molecule has 0 spiro atoms. The summed E-state index contributed by atoms with van der Waals surface area (Å²) in [5.74, 6) is -0.557. The number of nitrogens with zero attached hydrogens (tertiary/aromatic N) is 5. The summed E-state index contributed by atoms with van der Waals surface area (Å²) < 4.78 is 1.29. The van der Waals surface area contributed by atoms with Gasteiger partial charge in [0.25, 0.3) is 11.7 Å². The number of hydrogen-bond donors (Lipinski definition) is 2. The van der Waals surface area contributed by atoms with Crippen molar-refractivity contribution in [1.82, 2.24) is 20.1 Å². The van der Waals surface area contributed by atoms with E-state index in [0.29, 0.717) is 0 Å². The molecule has 1 aromatic heterocycles. The predicted molar refractivity (Wildman–Crippen MR) is 57.3 cm³/mol. The van der Waals surface area contributed by atoms with Crippen LogP contribution in [0.5, 0.6) is 0 Å². The van der Waals surface area contributed by atoms with Crippen molar-refractivity contribution >= 4 is 11.6 Å². The molecule has 1 aromatic rings. The predicted octanol–water partition coefficient (Wildman–Crippen LogP) is -0.539. The van der Waals surface area contributed by atoms with Crippen LogP contribution in [0.25, 0.3) is 0 Å². The molecule has 0 aromatic carbocycles. The molecule has 0 atom stereocenters. The number of rotatable bonds is 3. The summed E-state index contributed by atoms with van der Waals surface area (Å²) in [5, 5.41) is 26.7. The van der Waals surface area contributed by atoms with Crippen LogP contribution >= 0.6 is 0 Å². The average molecular weight is 236 g/mol. The van der Waals surface area contributed by atoms with Crippen LogP contribution in [0.3, 0.4) is 0 Å². The molecule has 0 saturated heterocycles. The standard InChI is InChI=1S/C9H12N6O2/c1-9(2,7(14-17)8(16)11-3)15-5-12-6(4-10)13-15/h5,17H,1-3H3,(H,11,16). The lowest BCUT2D eigenvalue weighted by molar-refractivity contribution is -0.114. The second-order valence-electron chi connectivity index (χ2n) is 3.71. The minimum atomic E-state index is -1.02. The van der Waals surface area contributed by atoms with E-state index in [1.807, 2.05) is 0 Å². The van der Waals surface area contributed by atoms with Crippen molar-refractivity contribution in [3.63, 3.8) is 0 Å². The van der Waals surface area contributed by atoms with Gasteiger partial charge in [0.05, 0.1) is 0 Å². The van der Waals surface area contributed by atoms with E-state index in [1.54, 1.807) is 19.9 Å². The highest BCUT2D eigenvalue weighted by molar-refractivity contribution is 6.41. The minimum Gasteiger partial charge on any atom is -0.410 e. The summed E-state index contributed by atoms with van der Waals surface area (Å²) in [4.78, 5) is 15.2. The van der Waals surface area contributed by atoms with Gasteiger partial charge in [0.1, 0.15) is 17.9 Å². The molecule has 0 fully saturated rings. The second-order valence-corrected chi connectivity index (χ2v) is 3.71. The Morgan fingerprint density at radius 2 is 2.35 bits per heavy atom. The van der Waals surface area contributed by atoms with Crippen LogP contribution in [0.2, 0.25) is 0 Å². The summed E-state index contributed by atoms with van der Waals surface area (Å²) >= 11 is 0. The first-order valence-electron chi connectivity index (χ1n) is 4.74. The summed E-state index contributed by atoms with van der Waals surface area (Å²) in [7, 11) is 1.42. The molecule has 1 amide bonds. The lowest BCUT2D eigenvalue weighted by Gasteiger charge is -2.24. The van der Waals surface area contributed by atoms with Crippen LogP contribution in [0.15, 0.2) is 11.5 Å². The topological polar surface area (TPSA) is 116 Å². The second kappa shape index (κ2) is 4.61. The molecule has 8 nitrogen and oxygen atoms in total. The maximum absolute atomic E-state index is 11.5. The zero-order valence-electron chi connectivity index (χ0n) is 9.67. The first-order chi connectivity index (χ1) is 7.97. The van der Waals surface area contributed by atoms with Crippen molar-refractivity contribution in [3.8, 4) is 6.07 Å². The molecule has 0 aliphatic rings. The first kappa shape index (κ1) is 12.6. The van der Waals surface area contributed by atoms with Crippen molar-refractivity contribution in [2.24, 2.45) is 5.16 Å². The Hall–Kier alpha value is -2.43. The van der Waals surface area contributed by atoms with E-state index < -0.39 is 11.4 Å². The van der Waals surface area contributed by atoms with Crippen LogP contribution in [-0.4, -0.2) is 38.6 Å². The monoisotopic (exact) mass is 236 g/mol. The van der Waals surface area contributed by atoms with Gasteiger partial charge in [0, 0.05) is 7.05 Å². The van der Waals surface area contributed by atoms with Crippen LogP contribution < -0.4 is 5.32 Å². The van der Waals surface area contributed by atoms with Gasteiger partial charge in [-0.25, -0.2) is 9.67 Å². The van der Waals surface area contributed by atoms with E-state index in [2.05, 4.69) is 20.6 Å². The molecule has 90 valence electrons. The van der Waals surface area contributed by atoms with E-state index in [1.165, 1.54) is 18.1 Å². The maximum atomic E-state index is 11.5. The number of aromatic nitrogens is 3. The third kappa shape index (κ3) is 2.23. The van der Waals surface area contributed by atoms with Gasteiger partial charge in [-0.05, 0) is 13.8 Å². The smallest absolute Gasteiger partial charge is 0.271 e. The molecule has 0 saturated carbocycles. The Bertz CT molecular complexity index is 496. The highest BCUT2D eigenvalue weighted by atomic mass is 16.4. The maximum Gasteiger partial charge on any atom is 0.271 e. The Morgan fingerprint density at radius 3 is 2.76 bits per heavy atom. The normalized spacial score (nSPS) is 12.0. The fourth-order valence-electron chi connectivity index (χ4n) is 1.26. The van der Waals surface area contributed by atoms with Crippen LogP contribution in [0, 0.1) is 11.3 Å². The molecular weight excluding hydrogens is 224 g/mol. The van der Waals surface area contributed by atoms with E-state index >= 15 is 0 Å². The van der Waals surface area contributed by atoms with E-state index in [4.69, 9.17) is 10.5 Å². The fourth-order valence-corrected chi connectivity index (χ4v) is 1.26. The van der Waals surface area contributed by atoms with Crippen molar-refractivity contribution in [3.05, 3.63) is 12.2 Å². The molecule has 0 bridgehead atoms. The number of nitrogens with one attached hydrogen (secondary N) is 1. The molecule has 1 rings (SSSR count). The molecule has 2 N–H and O–H groups in total. The highest BCUT2D eigenvalue weighted by Gasteiger charge is 2.34. The zero-order chi connectivity index (χ0) is 13.1. The van der Waals surface area contributed by atoms with E-state index in [9.17, 15) is 4.79 Å². The van der Waals surface area contributed by atoms with Crippen LogP contribution in [0.1, 0.15) is 19.7 Å². The average Bonchev–Trinajstić information content (AvgIpc) is 2.78. The number of hydrogen-bond acceptors (Lipinski definition) is 6. The van der Waals surface area contributed by atoms with Crippen molar-refractivity contribution in [1.29, 1.82) is 5.26 Å². The number of carbonyl (C=O) groups is 1. The lowest BCUT2D eigenvalue weighted by atomic mass is 9.98. The largest absolute Gasteiger partial charge is 0.410 e. The summed E-state index contributed by atoms with van der Waals surface area (Å²) in [6, 6.07) is 1.77. The van der Waals surface area contributed by atoms with Crippen LogP contribution in [-0.2, 0) is 10.3 Å². The summed E-state index contributed by atoms with van der Waals surface area (Å²) in [6.45, 7) is 3.24. The van der Waals surface area contributed by atoms with Gasteiger partial charge < -0.3 is 10.5 Å². The molecule has 0 unspecified atom stereocenters. The zero-order valence-corrected chi connectivity index (χ0v) is 9.67. The quantitative estimate of drug-likeness (QED) is 0.415. The van der Waals surface area contributed by atoms with E-state index in [-0.39, 0.29) is 11.5 Å². The molecule has 0 aliphatic carbocycles. The molecular formula is C9H12N6O2. The molecule has 8 heteroatoms. The molecule has 1 heterocycles. The molecule has 17 heavy (non-hydrogen) atoms. The number of nitriles is 1. The molecule has 0 aliphatic heterocycles. The van der Waals surface area contributed by atoms with Crippen molar-refractivity contribution in [2.45, 2.75) is 19.4 Å². The van der Waals surface area contributed by atoms with Crippen LogP contribution in [0.4, 0.5) is 0 Å². The van der Waals surface area contributed by atoms with Crippen molar-refractivity contribution in [2.75, 3.05) is 7.05 Å². The van der Waals surface area contributed by atoms with Crippen molar-refractivity contribution < 1.29 is 10.0 Å². The molecule has 0 radical (unpaired) electrons. The SMILES string of the molecule is CNC(=O)C(=NO)C(C)(C)n1cnc(C#N)n1. The van der Waals surface area contributed by atoms with E-state index in [0.717, 1.165) is 0 Å². The Labute approximate surface area is 97.6 Å². The first-order valence-corrected chi connectivity index (χ1v) is 4.74. The van der Waals surface area contributed by atoms with Gasteiger partial charge >= 0.3 is 0 Å². The Morgan fingerprint density at radius 1 is 1.71 bits per heavy atom. The van der Waals surface area contributed by atoms with Gasteiger partial charge in [-0.15, -0.1) is 5.10 Å². The Kier molecular flexibility index (Phi) is 3.43.